The highest BCUT2D eigenvalue weighted by Gasteiger charge is 2.17. The second-order valence-corrected chi connectivity index (χ2v) is 5.21. The van der Waals surface area contributed by atoms with Crippen LogP contribution in [0, 0.1) is 10.1 Å². The molecular weight excluding hydrogens is 316 g/mol. The van der Waals surface area contributed by atoms with Crippen LogP contribution < -0.4 is 10.6 Å². The summed E-state index contributed by atoms with van der Waals surface area (Å²) < 4.78 is 4.82. The highest BCUT2D eigenvalue weighted by atomic mass is 16.6. The fourth-order valence-electron chi connectivity index (χ4n) is 1.87. The zero-order valence-electron chi connectivity index (χ0n) is 13.1. The van der Waals surface area contributed by atoms with Gasteiger partial charge in [0.15, 0.2) is 5.76 Å². The lowest BCUT2D eigenvalue weighted by Crippen LogP contribution is -2.27. The Hall–Kier alpha value is -3.20. The molecule has 0 fully saturated rings. The molecule has 9 nitrogen and oxygen atoms in total. The average molecular weight is 332 g/mol. The van der Waals surface area contributed by atoms with Crippen molar-refractivity contribution in [3.63, 3.8) is 0 Å². The Kier molecular flexibility index (Phi) is 5.27. The van der Waals surface area contributed by atoms with Crippen LogP contribution in [0.1, 0.15) is 10.6 Å². The van der Waals surface area contributed by atoms with E-state index < -0.39 is 16.7 Å². The first-order valence-corrected chi connectivity index (χ1v) is 6.95. The van der Waals surface area contributed by atoms with E-state index in [1.54, 1.807) is 43.3 Å². The number of nitrogens with zero attached hydrogens (tertiary/aromatic N) is 2. The number of furan rings is 1. The third kappa shape index (κ3) is 4.65. The number of hydrogen-bond donors (Lipinski definition) is 2. The molecule has 1 heterocycles. The quantitative estimate of drug-likeness (QED) is 0.616. The summed E-state index contributed by atoms with van der Waals surface area (Å²) in [7, 11) is 3.58. The lowest BCUT2D eigenvalue weighted by Gasteiger charge is -2.10. The summed E-state index contributed by atoms with van der Waals surface area (Å²) in [6, 6.07) is 8.80. The van der Waals surface area contributed by atoms with Gasteiger partial charge >= 0.3 is 5.88 Å². The Morgan fingerprint density at radius 2 is 1.67 bits per heavy atom. The van der Waals surface area contributed by atoms with Crippen LogP contribution >= 0.6 is 0 Å². The van der Waals surface area contributed by atoms with Crippen molar-refractivity contribution < 1.29 is 18.9 Å². The molecule has 0 aliphatic heterocycles. The Labute approximate surface area is 137 Å². The van der Waals surface area contributed by atoms with E-state index >= 15 is 0 Å². The van der Waals surface area contributed by atoms with Crippen molar-refractivity contribution in [3.8, 4) is 0 Å². The van der Waals surface area contributed by atoms with Gasteiger partial charge in [-0.3, -0.25) is 19.7 Å². The first kappa shape index (κ1) is 17.2. The molecule has 0 spiro atoms. The number of rotatable bonds is 6. The molecule has 1 aromatic carbocycles. The van der Waals surface area contributed by atoms with Gasteiger partial charge in [-0.2, -0.15) is 0 Å². The number of hydrogen-bond acceptors (Lipinski definition) is 6. The first-order valence-electron chi connectivity index (χ1n) is 6.95. The molecule has 0 aliphatic rings. The van der Waals surface area contributed by atoms with E-state index in [-0.39, 0.29) is 18.2 Å². The van der Waals surface area contributed by atoms with Crippen LogP contribution in [0.5, 0.6) is 0 Å². The van der Waals surface area contributed by atoms with Gasteiger partial charge in [-0.1, -0.05) is 0 Å². The third-order valence-corrected chi connectivity index (χ3v) is 2.88. The van der Waals surface area contributed by atoms with E-state index in [4.69, 9.17) is 4.42 Å². The van der Waals surface area contributed by atoms with Gasteiger partial charge in [0.25, 0.3) is 5.91 Å². The Morgan fingerprint density at radius 1 is 1.08 bits per heavy atom. The third-order valence-electron chi connectivity index (χ3n) is 2.88. The lowest BCUT2D eigenvalue weighted by atomic mass is 10.2. The normalized spacial score (nSPS) is 10.5. The fraction of sp³-hybridized carbons (Fsp3) is 0.200. The largest absolute Gasteiger partial charge is 0.433 e. The molecule has 0 unspecified atom stereocenters. The molecule has 0 atom stereocenters. The highest BCUT2D eigenvalue weighted by Crippen LogP contribution is 2.18. The van der Waals surface area contributed by atoms with Crippen molar-refractivity contribution in [2.45, 2.75) is 0 Å². The Bertz CT molecular complexity index is 751. The number of nitro groups is 1. The molecule has 0 radical (unpaired) electrons. The summed E-state index contributed by atoms with van der Waals surface area (Å²) >= 11 is 0. The molecule has 1 aromatic heterocycles. The highest BCUT2D eigenvalue weighted by molar-refractivity contribution is 6.02. The maximum Gasteiger partial charge on any atom is 0.433 e. The van der Waals surface area contributed by atoms with Crippen molar-refractivity contribution in [2.75, 3.05) is 31.3 Å². The van der Waals surface area contributed by atoms with E-state index in [0.717, 1.165) is 6.07 Å². The van der Waals surface area contributed by atoms with Gasteiger partial charge in [-0.25, -0.2) is 0 Å². The molecule has 0 aliphatic carbocycles. The zero-order valence-corrected chi connectivity index (χ0v) is 13.1. The van der Waals surface area contributed by atoms with Gasteiger partial charge in [0.1, 0.15) is 4.92 Å². The van der Waals surface area contributed by atoms with Crippen LogP contribution in [-0.4, -0.2) is 42.3 Å². The van der Waals surface area contributed by atoms with Crippen molar-refractivity contribution in [1.29, 1.82) is 0 Å². The van der Waals surface area contributed by atoms with Crippen LogP contribution in [0.3, 0.4) is 0 Å². The van der Waals surface area contributed by atoms with Crippen LogP contribution in [0.2, 0.25) is 0 Å². The molecule has 0 saturated carbocycles. The number of benzene rings is 1. The maximum atomic E-state index is 11.9. The Balaban J connectivity index is 1.96. The van der Waals surface area contributed by atoms with E-state index in [1.165, 1.54) is 6.07 Å². The van der Waals surface area contributed by atoms with E-state index in [0.29, 0.717) is 11.4 Å². The molecule has 0 saturated heterocycles. The van der Waals surface area contributed by atoms with Crippen molar-refractivity contribution in [3.05, 3.63) is 52.3 Å². The van der Waals surface area contributed by atoms with Crippen LogP contribution in [-0.2, 0) is 4.79 Å². The molecular formula is C15H16N4O5. The molecule has 24 heavy (non-hydrogen) atoms. The number of anilines is 2. The molecule has 2 amide bonds. The minimum absolute atomic E-state index is 0.153. The van der Waals surface area contributed by atoms with Gasteiger partial charge in [0.05, 0.1) is 12.6 Å². The number of carbonyl (C=O) groups is 2. The van der Waals surface area contributed by atoms with Gasteiger partial charge < -0.3 is 20.0 Å². The predicted octanol–water partition coefficient (Wildman–Crippen LogP) is 1.94. The molecule has 0 bridgehead atoms. The van der Waals surface area contributed by atoms with Gasteiger partial charge in [0, 0.05) is 11.4 Å². The number of carbonyl (C=O) groups excluding carboxylic acids is 2. The minimum Gasteiger partial charge on any atom is -0.395 e. The first-order chi connectivity index (χ1) is 11.3. The van der Waals surface area contributed by atoms with Crippen molar-refractivity contribution >= 4 is 29.1 Å². The molecule has 126 valence electrons. The monoisotopic (exact) mass is 332 g/mol. The smallest absolute Gasteiger partial charge is 0.395 e. The minimum atomic E-state index is -0.720. The predicted molar refractivity (Wildman–Crippen MR) is 86.9 cm³/mol. The van der Waals surface area contributed by atoms with E-state index in [9.17, 15) is 19.7 Å². The topological polar surface area (TPSA) is 118 Å². The van der Waals surface area contributed by atoms with Crippen molar-refractivity contribution in [2.24, 2.45) is 0 Å². The lowest BCUT2D eigenvalue weighted by molar-refractivity contribution is -0.402. The summed E-state index contributed by atoms with van der Waals surface area (Å²) in [6.45, 7) is 0.260. The number of amides is 2. The fourth-order valence-corrected chi connectivity index (χ4v) is 1.87. The Morgan fingerprint density at radius 3 is 2.17 bits per heavy atom. The number of likely N-dealkylation sites (N-methyl/N-ethyl adjacent to an activating group) is 1. The standard InChI is InChI=1S/C15H16N4O5/c1-18(2)9-13(20)16-10-3-5-11(6-4-10)17-15(21)12-7-8-14(24-12)19(22)23/h3-8H,9H2,1-2H3,(H,16,20)(H,17,21). The summed E-state index contributed by atoms with van der Waals surface area (Å²) in [5.41, 5.74) is 1.05. The molecule has 2 N–H and O–H groups in total. The summed E-state index contributed by atoms with van der Waals surface area (Å²) in [5, 5.41) is 15.8. The maximum absolute atomic E-state index is 11.9. The van der Waals surface area contributed by atoms with Crippen LogP contribution in [0.15, 0.2) is 40.8 Å². The van der Waals surface area contributed by atoms with Crippen molar-refractivity contribution in [1.82, 2.24) is 4.90 Å². The summed E-state index contributed by atoms with van der Waals surface area (Å²) in [4.78, 5) is 35.1. The van der Waals surface area contributed by atoms with E-state index in [2.05, 4.69) is 10.6 Å². The summed E-state index contributed by atoms with van der Waals surface area (Å²) in [6.07, 6.45) is 0. The van der Waals surface area contributed by atoms with Crippen LogP contribution in [0.25, 0.3) is 0 Å². The van der Waals surface area contributed by atoms with Gasteiger partial charge in [0.2, 0.25) is 5.91 Å². The molecule has 2 rings (SSSR count). The van der Waals surface area contributed by atoms with Gasteiger partial charge in [-0.05, 0) is 44.4 Å². The second-order valence-electron chi connectivity index (χ2n) is 5.21. The number of nitrogens with one attached hydrogen (secondary N) is 2. The second kappa shape index (κ2) is 7.38. The summed E-state index contributed by atoms with van der Waals surface area (Å²) in [5.74, 6) is -1.42. The van der Waals surface area contributed by atoms with Gasteiger partial charge in [-0.15, -0.1) is 0 Å². The average Bonchev–Trinajstić information content (AvgIpc) is 2.98. The zero-order chi connectivity index (χ0) is 17.7. The van der Waals surface area contributed by atoms with Crippen LogP contribution in [0.4, 0.5) is 17.3 Å². The SMILES string of the molecule is CN(C)CC(=O)Nc1ccc(NC(=O)c2ccc([N+](=O)[O-])o2)cc1. The molecule has 2 aromatic rings. The molecule has 9 heteroatoms. The van der Waals surface area contributed by atoms with E-state index in [1.807, 2.05) is 0 Å².